The number of pyridine rings is 1. The zero-order valence-corrected chi connectivity index (χ0v) is 25.5. The summed E-state index contributed by atoms with van der Waals surface area (Å²) in [4.78, 5) is 30.7. The van der Waals surface area contributed by atoms with E-state index in [-0.39, 0.29) is 42.0 Å². The molecular formula is C31H26BrCl2F3N2O3. The van der Waals surface area contributed by atoms with E-state index >= 15 is 0 Å². The minimum absolute atomic E-state index is 0.0390. The molecule has 4 rings (SSSR count). The molecule has 1 aromatic heterocycles. The Morgan fingerprint density at radius 3 is 2.43 bits per heavy atom. The molecule has 4 aromatic rings. The summed E-state index contributed by atoms with van der Waals surface area (Å²) in [5.41, 5.74) is 1.52. The lowest BCUT2D eigenvalue weighted by atomic mass is 9.93. The molecule has 2 atom stereocenters. The van der Waals surface area contributed by atoms with Gasteiger partial charge in [-0.2, -0.15) is 0 Å². The standard InChI is InChI=1S/C31H26BrCl2F3N2O3/c1-2-6-24(37)42-25(40)14-9-18(26-21(35)11-12-22(36)28(26)33)16-38-31(41)27-20-15-19(32)10-13-23(20)39-30(29(27)34)17-7-4-3-5-8-17/h3-5,7-8,10-13,15,18,24H,2,6,9,14,16H2,1H3,(H,38,41). The Kier molecular flexibility index (Phi) is 10.9. The van der Waals surface area contributed by atoms with Crippen molar-refractivity contribution < 1.29 is 27.5 Å². The number of nitrogens with zero attached hydrogens (tertiary/aromatic N) is 1. The van der Waals surface area contributed by atoms with Crippen LogP contribution in [0.1, 0.15) is 54.4 Å². The van der Waals surface area contributed by atoms with Gasteiger partial charge in [0.25, 0.3) is 5.91 Å². The van der Waals surface area contributed by atoms with E-state index in [1.54, 1.807) is 25.1 Å². The van der Waals surface area contributed by atoms with E-state index < -0.39 is 40.8 Å². The number of carbonyl (C=O) groups is 2. The van der Waals surface area contributed by atoms with Crippen LogP contribution in [-0.4, -0.2) is 29.8 Å². The maximum absolute atomic E-state index is 14.9. The number of hydrogen-bond acceptors (Lipinski definition) is 4. The van der Waals surface area contributed by atoms with Crippen molar-refractivity contribution in [1.82, 2.24) is 10.3 Å². The van der Waals surface area contributed by atoms with Gasteiger partial charge in [0.05, 0.1) is 26.8 Å². The van der Waals surface area contributed by atoms with E-state index in [0.717, 1.165) is 12.1 Å². The lowest BCUT2D eigenvalue weighted by molar-refractivity contribution is -0.158. The highest BCUT2D eigenvalue weighted by Crippen LogP contribution is 2.36. The van der Waals surface area contributed by atoms with Crippen molar-refractivity contribution in [3.63, 3.8) is 0 Å². The summed E-state index contributed by atoms with van der Waals surface area (Å²) in [6.07, 6.45) is -1.68. The van der Waals surface area contributed by atoms with Crippen molar-refractivity contribution in [2.75, 3.05) is 6.54 Å². The van der Waals surface area contributed by atoms with E-state index in [1.165, 1.54) is 0 Å². The van der Waals surface area contributed by atoms with Crippen LogP contribution in [0.3, 0.4) is 0 Å². The minimum atomic E-state index is -1.77. The monoisotopic (exact) mass is 680 g/mol. The summed E-state index contributed by atoms with van der Waals surface area (Å²) in [5.74, 6) is -4.08. The molecule has 2 unspecified atom stereocenters. The van der Waals surface area contributed by atoms with E-state index in [2.05, 4.69) is 26.2 Å². The van der Waals surface area contributed by atoms with Gasteiger partial charge in [0, 0.05) is 46.3 Å². The molecule has 42 heavy (non-hydrogen) atoms. The van der Waals surface area contributed by atoms with Gasteiger partial charge < -0.3 is 10.1 Å². The van der Waals surface area contributed by atoms with Crippen molar-refractivity contribution in [1.29, 1.82) is 0 Å². The maximum atomic E-state index is 14.9. The van der Waals surface area contributed by atoms with Crippen LogP contribution >= 0.6 is 39.1 Å². The average Bonchev–Trinajstić information content (AvgIpc) is 2.96. The highest BCUT2D eigenvalue weighted by molar-refractivity contribution is 9.10. The first kappa shape index (κ1) is 31.8. The summed E-state index contributed by atoms with van der Waals surface area (Å²) in [6, 6.07) is 16.1. The second-order valence-electron chi connectivity index (χ2n) is 9.57. The predicted octanol–water partition coefficient (Wildman–Crippen LogP) is 9.18. The number of benzene rings is 3. The number of fused-ring (bicyclic) bond motifs is 1. The number of alkyl halides is 1. The molecule has 0 spiro atoms. The molecule has 0 fully saturated rings. The van der Waals surface area contributed by atoms with Gasteiger partial charge in [0.2, 0.25) is 6.36 Å². The zero-order valence-electron chi connectivity index (χ0n) is 22.4. The van der Waals surface area contributed by atoms with Crippen molar-refractivity contribution in [3.05, 3.63) is 97.9 Å². The molecule has 5 nitrogen and oxygen atoms in total. The predicted molar refractivity (Wildman–Crippen MR) is 161 cm³/mol. The number of nitrogens with one attached hydrogen (secondary N) is 1. The van der Waals surface area contributed by atoms with E-state index in [0.29, 0.717) is 33.1 Å². The second-order valence-corrected chi connectivity index (χ2v) is 11.2. The molecule has 3 aromatic carbocycles. The smallest absolute Gasteiger partial charge is 0.308 e. The average molecular weight is 682 g/mol. The highest BCUT2D eigenvalue weighted by atomic mass is 79.9. The largest absolute Gasteiger partial charge is 0.431 e. The van der Waals surface area contributed by atoms with Gasteiger partial charge in [-0.3, -0.25) is 9.59 Å². The quantitative estimate of drug-likeness (QED) is 0.127. The fourth-order valence-corrected chi connectivity index (χ4v) is 5.58. The molecule has 0 radical (unpaired) electrons. The Morgan fingerprint density at radius 1 is 1.00 bits per heavy atom. The lowest BCUT2D eigenvalue weighted by Crippen LogP contribution is -2.30. The second kappa shape index (κ2) is 14.4. The van der Waals surface area contributed by atoms with Gasteiger partial charge in [-0.1, -0.05) is 76.4 Å². The summed E-state index contributed by atoms with van der Waals surface area (Å²) in [5, 5.41) is 2.84. The van der Waals surface area contributed by atoms with Crippen LogP contribution in [0.4, 0.5) is 13.2 Å². The molecule has 1 amide bonds. The molecule has 0 bridgehead atoms. The van der Waals surface area contributed by atoms with E-state index in [9.17, 15) is 22.8 Å². The molecule has 0 aliphatic rings. The Morgan fingerprint density at radius 2 is 1.71 bits per heavy atom. The molecule has 0 aliphatic heterocycles. The molecule has 1 heterocycles. The Labute approximate surface area is 259 Å². The van der Waals surface area contributed by atoms with Crippen LogP contribution in [0.5, 0.6) is 0 Å². The summed E-state index contributed by atoms with van der Waals surface area (Å²) < 4.78 is 48.6. The van der Waals surface area contributed by atoms with Crippen molar-refractivity contribution in [3.8, 4) is 11.3 Å². The fourth-order valence-electron chi connectivity index (χ4n) is 4.57. The molecule has 0 aliphatic carbocycles. The number of hydrogen-bond donors (Lipinski definition) is 1. The molecule has 220 valence electrons. The highest BCUT2D eigenvalue weighted by Gasteiger charge is 2.26. The van der Waals surface area contributed by atoms with Gasteiger partial charge in [-0.15, -0.1) is 0 Å². The van der Waals surface area contributed by atoms with Crippen LogP contribution in [0.25, 0.3) is 22.2 Å². The Hall–Kier alpha value is -3.14. The normalized spacial score (nSPS) is 12.6. The molecule has 0 saturated heterocycles. The number of ether oxygens (including phenoxy) is 1. The molecule has 0 saturated carbocycles. The van der Waals surface area contributed by atoms with Gasteiger partial charge in [-0.25, -0.2) is 18.2 Å². The summed E-state index contributed by atoms with van der Waals surface area (Å²) >= 11 is 16.3. The van der Waals surface area contributed by atoms with Gasteiger partial charge in [0.15, 0.2) is 0 Å². The SMILES string of the molecule is CCCC(F)OC(=O)CCC(CNC(=O)c1c(Cl)c(-c2ccccc2)nc2ccc(Br)cc12)c1c(F)ccc(F)c1Cl. The van der Waals surface area contributed by atoms with Crippen LogP contribution in [0.15, 0.2) is 65.1 Å². The van der Waals surface area contributed by atoms with Crippen molar-refractivity contribution >= 4 is 61.9 Å². The third-order valence-electron chi connectivity index (χ3n) is 6.63. The first-order chi connectivity index (χ1) is 20.1. The number of aromatic nitrogens is 1. The number of carbonyl (C=O) groups excluding carboxylic acids is 2. The topological polar surface area (TPSA) is 68.3 Å². The number of rotatable bonds is 11. The Balaban J connectivity index is 1.67. The van der Waals surface area contributed by atoms with Crippen LogP contribution in [0.2, 0.25) is 10.0 Å². The third kappa shape index (κ3) is 7.43. The molecule has 11 heteroatoms. The minimum Gasteiger partial charge on any atom is -0.431 e. The zero-order chi connectivity index (χ0) is 30.4. The van der Waals surface area contributed by atoms with Crippen LogP contribution < -0.4 is 5.32 Å². The molecule has 1 N–H and O–H groups in total. The van der Waals surface area contributed by atoms with E-state index in [4.69, 9.17) is 27.9 Å². The first-order valence-corrected chi connectivity index (χ1v) is 14.7. The van der Waals surface area contributed by atoms with Gasteiger partial charge >= 0.3 is 5.97 Å². The Bertz CT molecular complexity index is 1610. The van der Waals surface area contributed by atoms with Gasteiger partial charge in [0.1, 0.15) is 11.6 Å². The van der Waals surface area contributed by atoms with E-state index in [1.807, 2.05) is 30.3 Å². The summed E-state index contributed by atoms with van der Waals surface area (Å²) in [7, 11) is 0. The molecular weight excluding hydrogens is 656 g/mol. The number of esters is 1. The number of halogens is 6. The van der Waals surface area contributed by atoms with Crippen molar-refractivity contribution in [2.24, 2.45) is 0 Å². The first-order valence-electron chi connectivity index (χ1n) is 13.2. The van der Waals surface area contributed by atoms with Gasteiger partial charge in [-0.05, 0) is 43.2 Å². The lowest BCUT2D eigenvalue weighted by Gasteiger charge is -2.21. The number of amides is 1. The van der Waals surface area contributed by atoms with Crippen LogP contribution in [-0.2, 0) is 9.53 Å². The van der Waals surface area contributed by atoms with Crippen LogP contribution in [0, 0.1) is 11.6 Å². The maximum Gasteiger partial charge on any atom is 0.308 e. The summed E-state index contributed by atoms with van der Waals surface area (Å²) in [6.45, 7) is 1.50. The third-order valence-corrected chi connectivity index (χ3v) is 7.88. The fraction of sp³-hybridized carbons (Fsp3) is 0.258. The van der Waals surface area contributed by atoms with Crippen molar-refractivity contribution in [2.45, 2.75) is 44.9 Å².